The number of aromatic nitrogens is 1. The molecule has 154 valence electrons. The van der Waals surface area contributed by atoms with Crippen LogP contribution < -0.4 is 15.4 Å². The Morgan fingerprint density at radius 1 is 1.27 bits per heavy atom. The van der Waals surface area contributed by atoms with Gasteiger partial charge in [-0.2, -0.15) is 0 Å². The average molecular weight is 426 g/mol. The summed E-state index contributed by atoms with van der Waals surface area (Å²) in [5.74, 6) is 1.44. The number of halogens is 1. The lowest BCUT2D eigenvalue weighted by Crippen LogP contribution is -2.28. The van der Waals surface area contributed by atoms with Crippen LogP contribution in [0.15, 0.2) is 53.1 Å². The van der Waals surface area contributed by atoms with Crippen LogP contribution >= 0.6 is 11.6 Å². The van der Waals surface area contributed by atoms with Crippen molar-refractivity contribution in [2.24, 2.45) is 0 Å². The zero-order chi connectivity index (χ0) is 21.1. The number of aryl methyl sites for hydroxylation is 1. The number of hydrogen-bond donors (Lipinski definition) is 2. The Balaban J connectivity index is 1.32. The van der Waals surface area contributed by atoms with E-state index in [0.717, 1.165) is 11.1 Å². The fraction of sp³-hybridized carbons (Fsp3) is 0.227. The normalized spacial score (nSPS) is 13.7. The van der Waals surface area contributed by atoms with Crippen molar-refractivity contribution in [1.82, 2.24) is 10.3 Å². The Hall–Kier alpha value is -3.32. The number of carbonyl (C=O) groups excluding carboxylic acids is 2. The lowest BCUT2D eigenvalue weighted by molar-refractivity contribution is -0.122. The van der Waals surface area contributed by atoms with Gasteiger partial charge in [0.2, 0.25) is 5.91 Å². The molecular formula is C22H20ClN3O4. The topological polar surface area (TPSA) is 93.5 Å². The predicted octanol–water partition coefficient (Wildman–Crippen LogP) is 4.14. The Kier molecular flexibility index (Phi) is 5.72. The van der Waals surface area contributed by atoms with E-state index >= 15 is 0 Å². The summed E-state index contributed by atoms with van der Waals surface area (Å²) in [5.41, 5.74) is 2.35. The van der Waals surface area contributed by atoms with Gasteiger partial charge in [0.15, 0.2) is 18.3 Å². The lowest BCUT2D eigenvalue weighted by atomic mass is 10.1. The van der Waals surface area contributed by atoms with E-state index in [0.29, 0.717) is 34.5 Å². The van der Waals surface area contributed by atoms with Crippen LogP contribution in [0.3, 0.4) is 0 Å². The third-order valence-electron chi connectivity index (χ3n) is 4.76. The van der Waals surface area contributed by atoms with Crippen molar-refractivity contribution >= 4 is 29.1 Å². The number of ether oxygens (including phenoxy) is 1. The molecule has 0 bridgehead atoms. The van der Waals surface area contributed by atoms with E-state index < -0.39 is 0 Å². The van der Waals surface area contributed by atoms with E-state index in [9.17, 15) is 9.59 Å². The highest BCUT2D eigenvalue weighted by atomic mass is 35.5. The molecule has 0 aliphatic carbocycles. The molecule has 3 aromatic rings. The highest BCUT2D eigenvalue weighted by molar-refractivity contribution is 6.30. The molecule has 1 aliphatic rings. The number of oxazole rings is 1. The van der Waals surface area contributed by atoms with Gasteiger partial charge < -0.3 is 19.8 Å². The summed E-state index contributed by atoms with van der Waals surface area (Å²) in [6.45, 7) is 1.90. The zero-order valence-electron chi connectivity index (χ0n) is 16.3. The quantitative estimate of drug-likeness (QED) is 0.619. The van der Waals surface area contributed by atoms with Crippen molar-refractivity contribution in [1.29, 1.82) is 0 Å². The second-order valence-electron chi connectivity index (χ2n) is 7.01. The van der Waals surface area contributed by atoms with Gasteiger partial charge in [-0.3, -0.25) is 9.59 Å². The molecule has 1 aromatic heterocycles. The maximum Gasteiger partial charge on any atom is 0.262 e. The Bertz CT molecular complexity index is 1080. The molecule has 2 amide bonds. The first kappa shape index (κ1) is 20.0. The number of benzene rings is 2. The van der Waals surface area contributed by atoms with Gasteiger partial charge >= 0.3 is 0 Å². The monoisotopic (exact) mass is 425 g/mol. The number of fused-ring (bicyclic) bond motifs is 1. The minimum Gasteiger partial charge on any atom is -0.482 e. The van der Waals surface area contributed by atoms with Crippen molar-refractivity contribution < 1.29 is 18.7 Å². The summed E-state index contributed by atoms with van der Waals surface area (Å²) in [7, 11) is 0. The second kappa shape index (κ2) is 8.59. The molecule has 0 unspecified atom stereocenters. The third-order valence-corrected chi connectivity index (χ3v) is 5.01. The molecule has 0 spiro atoms. The highest BCUT2D eigenvalue weighted by Gasteiger charge is 2.18. The second-order valence-corrected chi connectivity index (χ2v) is 7.44. The van der Waals surface area contributed by atoms with E-state index in [4.69, 9.17) is 20.8 Å². The highest BCUT2D eigenvalue weighted by Crippen LogP contribution is 2.30. The van der Waals surface area contributed by atoms with Crippen LogP contribution in [0.2, 0.25) is 5.02 Å². The smallest absolute Gasteiger partial charge is 0.262 e. The predicted molar refractivity (Wildman–Crippen MR) is 112 cm³/mol. The molecule has 8 heteroatoms. The standard InChI is InChI=1S/C22H20ClN3O4/c1-13(15-4-7-18-17(10-15)26-21(28)12-29-18)25-20(27)8-9-22-24-11-19(30-22)14-2-5-16(23)6-3-14/h2-7,10-11,13H,8-9,12H2,1H3,(H,25,27)(H,26,28)/t13-/m1/s1. The third kappa shape index (κ3) is 4.63. The molecule has 1 atom stereocenters. The van der Waals surface area contributed by atoms with Crippen molar-refractivity contribution in [3.63, 3.8) is 0 Å². The SMILES string of the molecule is C[C@@H](NC(=O)CCc1ncc(-c2ccc(Cl)cc2)o1)c1ccc2c(c1)NC(=O)CO2. The molecule has 0 saturated heterocycles. The molecular weight excluding hydrogens is 406 g/mol. The van der Waals surface area contributed by atoms with Crippen molar-refractivity contribution in [3.8, 4) is 17.1 Å². The molecule has 2 N–H and O–H groups in total. The van der Waals surface area contributed by atoms with Crippen LogP contribution in [-0.2, 0) is 16.0 Å². The minimum atomic E-state index is -0.226. The van der Waals surface area contributed by atoms with E-state index in [1.807, 2.05) is 31.2 Å². The van der Waals surface area contributed by atoms with E-state index in [-0.39, 0.29) is 30.9 Å². The molecule has 2 aromatic carbocycles. The number of carbonyl (C=O) groups is 2. The molecule has 0 radical (unpaired) electrons. The Morgan fingerprint density at radius 3 is 2.87 bits per heavy atom. The molecule has 0 fully saturated rings. The number of nitrogens with one attached hydrogen (secondary N) is 2. The Labute approximate surface area is 178 Å². The van der Waals surface area contributed by atoms with Crippen molar-refractivity contribution in [2.45, 2.75) is 25.8 Å². The van der Waals surface area contributed by atoms with Gasteiger partial charge in [-0.25, -0.2) is 4.98 Å². The molecule has 4 rings (SSSR count). The minimum absolute atomic E-state index is 0.0131. The first-order valence-corrected chi connectivity index (χ1v) is 9.92. The lowest BCUT2D eigenvalue weighted by Gasteiger charge is -2.21. The molecule has 1 aliphatic heterocycles. The van der Waals surface area contributed by atoms with E-state index in [1.54, 1.807) is 24.4 Å². The van der Waals surface area contributed by atoms with Crippen molar-refractivity contribution in [3.05, 3.63) is 65.1 Å². The summed E-state index contributed by atoms with van der Waals surface area (Å²) in [6, 6.07) is 12.5. The molecule has 2 heterocycles. The van der Waals surface area contributed by atoms with Gasteiger partial charge in [0.25, 0.3) is 5.91 Å². The van der Waals surface area contributed by atoms with Crippen molar-refractivity contribution in [2.75, 3.05) is 11.9 Å². The Morgan fingerprint density at radius 2 is 2.07 bits per heavy atom. The fourth-order valence-corrected chi connectivity index (χ4v) is 3.29. The molecule has 30 heavy (non-hydrogen) atoms. The fourth-order valence-electron chi connectivity index (χ4n) is 3.16. The number of rotatable bonds is 6. The van der Waals surface area contributed by atoms with Gasteiger partial charge in [0.05, 0.1) is 17.9 Å². The number of amides is 2. The summed E-state index contributed by atoms with van der Waals surface area (Å²) in [6.07, 6.45) is 2.28. The zero-order valence-corrected chi connectivity index (χ0v) is 17.0. The molecule has 7 nitrogen and oxygen atoms in total. The maximum absolute atomic E-state index is 12.4. The van der Waals surface area contributed by atoms with Crippen LogP contribution in [0, 0.1) is 0 Å². The summed E-state index contributed by atoms with van der Waals surface area (Å²) in [5, 5.41) is 6.37. The average Bonchev–Trinajstić information content (AvgIpc) is 3.21. The summed E-state index contributed by atoms with van der Waals surface area (Å²) < 4.78 is 11.1. The van der Waals surface area contributed by atoms with Crippen LogP contribution in [0.5, 0.6) is 5.75 Å². The van der Waals surface area contributed by atoms with Gasteiger partial charge in [0.1, 0.15) is 5.75 Å². The van der Waals surface area contributed by atoms with Gasteiger partial charge in [0, 0.05) is 23.4 Å². The van der Waals surface area contributed by atoms with Gasteiger partial charge in [-0.1, -0.05) is 17.7 Å². The largest absolute Gasteiger partial charge is 0.482 e. The van der Waals surface area contributed by atoms with E-state index in [2.05, 4.69) is 15.6 Å². The van der Waals surface area contributed by atoms with Crippen LogP contribution in [0.4, 0.5) is 5.69 Å². The van der Waals surface area contributed by atoms with E-state index in [1.165, 1.54) is 0 Å². The van der Waals surface area contributed by atoms with Gasteiger partial charge in [-0.05, 0) is 48.9 Å². The van der Waals surface area contributed by atoms with Crippen LogP contribution in [0.25, 0.3) is 11.3 Å². The van der Waals surface area contributed by atoms with Crippen LogP contribution in [-0.4, -0.2) is 23.4 Å². The first-order valence-electron chi connectivity index (χ1n) is 9.54. The first-order chi connectivity index (χ1) is 14.5. The number of nitrogens with zero attached hydrogens (tertiary/aromatic N) is 1. The van der Waals surface area contributed by atoms with Crippen LogP contribution in [0.1, 0.15) is 30.8 Å². The summed E-state index contributed by atoms with van der Waals surface area (Å²) >= 11 is 5.90. The maximum atomic E-state index is 12.4. The molecule has 0 saturated carbocycles. The number of anilines is 1. The van der Waals surface area contributed by atoms with Gasteiger partial charge in [-0.15, -0.1) is 0 Å². The summed E-state index contributed by atoms with van der Waals surface area (Å²) in [4.78, 5) is 28.1. The number of hydrogen-bond acceptors (Lipinski definition) is 5.